The SMILES string of the molecule is CCOC(=O)c1c(-c2ccc(OC)cc2)nc2c(-c3ccc(F)cc3F)c(C)[nH]n2c1=O. The monoisotopic (exact) mass is 439 g/mol. The van der Waals surface area contributed by atoms with Crippen LogP contribution in [0.25, 0.3) is 28.0 Å². The van der Waals surface area contributed by atoms with Crippen LogP contribution in [0.1, 0.15) is 23.0 Å². The van der Waals surface area contributed by atoms with Gasteiger partial charge in [-0.15, -0.1) is 0 Å². The number of aromatic amines is 1. The van der Waals surface area contributed by atoms with Gasteiger partial charge in [-0.2, -0.15) is 0 Å². The highest BCUT2D eigenvalue weighted by Gasteiger charge is 2.26. The number of aryl methyl sites for hydroxylation is 1. The van der Waals surface area contributed by atoms with Crippen LogP contribution >= 0.6 is 0 Å². The molecule has 0 bridgehead atoms. The van der Waals surface area contributed by atoms with E-state index in [4.69, 9.17) is 9.47 Å². The Balaban J connectivity index is 2.06. The number of carbonyl (C=O) groups is 1. The number of rotatable bonds is 5. The molecular formula is C23H19F2N3O4. The Labute approximate surface area is 181 Å². The summed E-state index contributed by atoms with van der Waals surface area (Å²) in [5.41, 5.74) is 0.456. The van der Waals surface area contributed by atoms with Crippen molar-refractivity contribution in [3.05, 3.63) is 75.7 Å². The first-order chi connectivity index (χ1) is 15.3. The molecule has 0 aliphatic heterocycles. The lowest BCUT2D eigenvalue weighted by Crippen LogP contribution is -2.26. The highest BCUT2D eigenvalue weighted by molar-refractivity contribution is 5.97. The lowest BCUT2D eigenvalue weighted by atomic mass is 10.0. The Hall–Kier alpha value is -4.01. The van der Waals surface area contributed by atoms with Gasteiger partial charge in [0.15, 0.2) is 11.2 Å². The van der Waals surface area contributed by atoms with Gasteiger partial charge in [0.2, 0.25) is 0 Å². The molecule has 0 aliphatic rings. The first kappa shape index (κ1) is 21.2. The number of ether oxygens (including phenoxy) is 2. The zero-order valence-electron chi connectivity index (χ0n) is 17.5. The summed E-state index contributed by atoms with van der Waals surface area (Å²) in [5, 5.41) is 2.82. The fourth-order valence-electron chi connectivity index (χ4n) is 3.54. The van der Waals surface area contributed by atoms with Crippen molar-refractivity contribution in [3.8, 4) is 28.1 Å². The van der Waals surface area contributed by atoms with Gasteiger partial charge in [-0.3, -0.25) is 9.89 Å². The first-order valence-corrected chi connectivity index (χ1v) is 9.78. The molecule has 2 aromatic carbocycles. The Kier molecular flexibility index (Phi) is 5.48. The molecule has 4 rings (SSSR count). The summed E-state index contributed by atoms with van der Waals surface area (Å²) < 4.78 is 39.3. The van der Waals surface area contributed by atoms with Gasteiger partial charge in [0.1, 0.15) is 17.4 Å². The average molecular weight is 439 g/mol. The predicted octanol–water partition coefficient (Wildman–Crippen LogP) is 4.13. The standard InChI is InChI=1S/C23H19F2N3O4/c1-4-32-23(30)19-20(13-5-8-15(31-3)9-6-13)26-21-18(12(2)27-28(21)22(19)29)16-10-7-14(24)11-17(16)25/h5-11,27H,4H2,1-3H3. The summed E-state index contributed by atoms with van der Waals surface area (Å²) in [4.78, 5) is 30.5. The van der Waals surface area contributed by atoms with E-state index in [0.29, 0.717) is 17.0 Å². The van der Waals surface area contributed by atoms with Crippen molar-refractivity contribution in [3.63, 3.8) is 0 Å². The van der Waals surface area contributed by atoms with Crippen LogP contribution in [0, 0.1) is 18.6 Å². The van der Waals surface area contributed by atoms with Gasteiger partial charge in [-0.05, 0) is 50.2 Å². The molecule has 0 fully saturated rings. The third-order valence-corrected chi connectivity index (χ3v) is 5.00. The van der Waals surface area contributed by atoms with Gasteiger partial charge in [-0.25, -0.2) is 23.1 Å². The van der Waals surface area contributed by atoms with E-state index >= 15 is 0 Å². The molecule has 4 aromatic rings. The van der Waals surface area contributed by atoms with Crippen LogP contribution in [0.2, 0.25) is 0 Å². The molecule has 0 aliphatic carbocycles. The second-order valence-electron chi connectivity index (χ2n) is 6.98. The van der Waals surface area contributed by atoms with E-state index in [1.807, 2.05) is 0 Å². The van der Waals surface area contributed by atoms with Gasteiger partial charge in [0, 0.05) is 28.5 Å². The van der Waals surface area contributed by atoms with Crippen molar-refractivity contribution >= 4 is 11.6 Å². The number of hydrogen-bond donors (Lipinski definition) is 1. The molecule has 32 heavy (non-hydrogen) atoms. The number of carbonyl (C=O) groups excluding carboxylic acids is 1. The molecule has 164 valence electrons. The topological polar surface area (TPSA) is 85.7 Å². The van der Waals surface area contributed by atoms with E-state index in [-0.39, 0.29) is 34.6 Å². The predicted molar refractivity (Wildman–Crippen MR) is 114 cm³/mol. The molecule has 0 spiro atoms. The zero-order valence-corrected chi connectivity index (χ0v) is 17.5. The fraction of sp³-hybridized carbons (Fsp3) is 0.174. The molecule has 1 N–H and O–H groups in total. The Morgan fingerprint density at radius 3 is 2.50 bits per heavy atom. The molecule has 0 saturated heterocycles. The summed E-state index contributed by atoms with van der Waals surface area (Å²) in [6.07, 6.45) is 0. The largest absolute Gasteiger partial charge is 0.497 e. The van der Waals surface area contributed by atoms with Crippen LogP contribution < -0.4 is 10.3 Å². The summed E-state index contributed by atoms with van der Waals surface area (Å²) in [6.45, 7) is 3.32. The minimum Gasteiger partial charge on any atom is -0.497 e. The number of nitrogens with zero attached hydrogens (tertiary/aromatic N) is 2. The number of esters is 1. The zero-order chi connectivity index (χ0) is 23.0. The van der Waals surface area contributed by atoms with Crippen LogP contribution in [0.5, 0.6) is 5.75 Å². The van der Waals surface area contributed by atoms with E-state index in [9.17, 15) is 18.4 Å². The van der Waals surface area contributed by atoms with Crippen molar-refractivity contribution < 1.29 is 23.0 Å². The molecule has 7 nitrogen and oxygen atoms in total. The molecule has 0 unspecified atom stereocenters. The molecule has 9 heteroatoms. The Morgan fingerprint density at radius 1 is 1.16 bits per heavy atom. The number of methoxy groups -OCH3 is 1. The smallest absolute Gasteiger partial charge is 0.346 e. The highest BCUT2D eigenvalue weighted by atomic mass is 19.1. The molecule has 0 radical (unpaired) electrons. The number of fused-ring (bicyclic) bond motifs is 1. The Bertz CT molecular complexity index is 1390. The van der Waals surface area contributed by atoms with Crippen molar-refractivity contribution in [1.29, 1.82) is 0 Å². The molecular weight excluding hydrogens is 420 g/mol. The third kappa shape index (κ3) is 3.51. The van der Waals surface area contributed by atoms with E-state index in [0.717, 1.165) is 16.6 Å². The summed E-state index contributed by atoms with van der Waals surface area (Å²) >= 11 is 0. The van der Waals surface area contributed by atoms with Crippen molar-refractivity contribution in [2.24, 2.45) is 0 Å². The van der Waals surface area contributed by atoms with Crippen LogP contribution in [-0.2, 0) is 4.74 Å². The second-order valence-corrected chi connectivity index (χ2v) is 6.98. The molecule has 2 aromatic heterocycles. The van der Waals surface area contributed by atoms with Crippen LogP contribution in [0.3, 0.4) is 0 Å². The first-order valence-electron chi connectivity index (χ1n) is 9.78. The van der Waals surface area contributed by atoms with E-state index in [1.165, 1.54) is 13.2 Å². The van der Waals surface area contributed by atoms with E-state index < -0.39 is 23.2 Å². The van der Waals surface area contributed by atoms with Gasteiger partial charge < -0.3 is 9.47 Å². The quantitative estimate of drug-likeness (QED) is 0.473. The van der Waals surface area contributed by atoms with Gasteiger partial charge in [0.25, 0.3) is 5.56 Å². The maximum atomic E-state index is 14.6. The van der Waals surface area contributed by atoms with Crippen LogP contribution in [-0.4, -0.2) is 34.3 Å². The summed E-state index contributed by atoms with van der Waals surface area (Å²) in [5.74, 6) is -1.77. The van der Waals surface area contributed by atoms with Crippen molar-refractivity contribution in [2.75, 3.05) is 13.7 Å². The number of nitrogens with one attached hydrogen (secondary N) is 1. The number of aromatic nitrogens is 3. The molecule has 0 saturated carbocycles. The summed E-state index contributed by atoms with van der Waals surface area (Å²) in [7, 11) is 1.52. The summed E-state index contributed by atoms with van der Waals surface area (Å²) in [6, 6.07) is 9.78. The van der Waals surface area contributed by atoms with Gasteiger partial charge >= 0.3 is 5.97 Å². The van der Waals surface area contributed by atoms with Gasteiger partial charge in [-0.1, -0.05) is 0 Å². The lowest BCUT2D eigenvalue weighted by Gasteiger charge is -2.10. The molecule has 0 atom stereocenters. The fourth-order valence-corrected chi connectivity index (χ4v) is 3.54. The van der Waals surface area contributed by atoms with Crippen molar-refractivity contribution in [2.45, 2.75) is 13.8 Å². The maximum absolute atomic E-state index is 14.6. The van der Waals surface area contributed by atoms with Gasteiger partial charge in [0.05, 0.1) is 19.4 Å². The van der Waals surface area contributed by atoms with E-state index in [2.05, 4.69) is 10.1 Å². The van der Waals surface area contributed by atoms with E-state index in [1.54, 1.807) is 38.1 Å². The third-order valence-electron chi connectivity index (χ3n) is 5.00. The molecule has 0 amide bonds. The number of halogens is 2. The minimum atomic E-state index is -0.827. The minimum absolute atomic E-state index is 0.0683. The molecule has 2 heterocycles. The van der Waals surface area contributed by atoms with Crippen LogP contribution in [0.4, 0.5) is 8.78 Å². The van der Waals surface area contributed by atoms with Crippen LogP contribution in [0.15, 0.2) is 47.3 Å². The number of hydrogen-bond acceptors (Lipinski definition) is 5. The highest BCUT2D eigenvalue weighted by Crippen LogP contribution is 2.31. The Morgan fingerprint density at radius 2 is 1.88 bits per heavy atom. The number of H-pyrrole nitrogens is 1. The normalized spacial score (nSPS) is 11.0. The van der Waals surface area contributed by atoms with Crippen molar-refractivity contribution in [1.82, 2.24) is 14.6 Å². The lowest BCUT2D eigenvalue weighted by molar-refractivity contribution is 0.0524. The number of benzene rings is 2. The second kappa shape index (κ2) is 8.26. The maximum Gasteiger partial charge on any atom is 0.346 e. The average Bonchev–Trinajstić information content (AvgIpc) is 3.10.